The first-order valence-corrected chi connectivity index (χ1v) is 6.31. The molecule has 1 aliphatic heterocycles. The number of aromatic carboxylic acids is 1. The van der Waals surface area contributed by atoms with Gasteiger partial charge in [0, 0.05) is 17.4 Å². The number of hydrogen-bond donors (Lipinski definition) is 2. The summed E-state index contributed by atoms with van der Waals surface area (Å²) in [5, 5.41) is 9.85. The summed E-state index contributed by atoms with van der Waals surface area (Å²) in [5.74, 6) is 0.467. The molecular formula is C14H15NO4. The van der Waals surface area contributed by atoms with E-state index in [1.165, 1.54) is 0 Å². The van der Waals surface area contributed by atoms with Crippen molar-refractivity contribution in [1.29, 1.82) is 0 Å². The highest BCUT2D eigenvalue weighted by molar-refractivity contribution is 5.99. The standard InChI is InChI=1S/C14H15NO4/c1-3-18-11-5-8-4-7(2)19-13(8)12-9(11)6-10(15-12)14(16)17/h5-7,15H,3-4H2,1-2H3,(H,16,17)/t7-/m1/s1. The molecule has 1 aromatic carbocycles. The summed E-state index contributed by atoms with van der Waals surface area (Å²) in [6.07, 6.45) is 0.916. The van der Waals surface area contributed by atoms with Gasteiger partial charge in [0.25, 0.3) is 0 Å². The lowest BCUT2D eigenvalue weighted by molar-refractivity contribution is 0.0691. The van der Waals surface area contributed by atoms with Crippen molar-refractivity contribution in [3.8, 4) is 11.5 Å². The highest BCUT2D eigenvalue weighted by atomic mass is 16.5. The zero-order valence-corrected chi connectivity index (χ0v) is 10.8. The fraction of sp³-hybridized carbons (Fsp3) is 0.357. The van der Waals surface area contributed by atoms with Crippen molar-refractivity contribution in [1.82, 2.24) is 4.98 Å². The minimum Gasteiger partial charge on any atom is -0.493 e. The summed E-state index contributed by atoms with van der Waals surface area (Å²) in [4.78, 5) is 14.0. The van der Waals surface area contributed by atoms with E-state index in [0.29, 0.717) is 17.9 Å². The van der Waals surface area contributed by atoms with Crippen molar-refractivity contribution in [3.63, 3.8) is 0 Å². The number of aromatic nitrogens is 1. The molecule has 1 aliphatic rings. The van der Waals surface area contributed by atoms with Gasteiger partial charge in [-0.25, -0.2) is 4.79 Å². The molecule has 0 unspecified atom stereocenters. The number of H-pyrrole nitrogens is 1. The van der Waals surface area contributed by atoms with Gasteiger partial charge in [0.15, 0.2) is 0 Å². The van der Waals surface area contributed by atoms with Crippen LogP contribution in [0.15, 0.2) is 12.1 Å². The molecule has 0 bridgehead atoms. The Hall–Kier alpha value is -2.17. The number of hydrogen-bond acceptors (Lipinski definition) is 3. The van der Waals surface area contributed by atoms with Gasteiger partial charge in [0.1, 0.15) is 23.3 Å². The minimum atomic E-state index is -0.988. The number of ether oxygens (including phenoxy) is 2. The molecule has 19 heavy (non-hydrogen) atoms. The fourth-order valence-electron chi connectivity index (χ4n) is 2.52. The Kier molecular flexibility index (Phi) is 2.62. The minimum absolute atomic E-state index is 0.103. The number of aromatic amines is 1. The van der Waals surface area contributed by atoms with E-state index in [4.69, 9.17) is 14.6 Å². The van der Waals surface area contributed by atoms with Crippen LogP contribution in [0.1, 0.15) is 29.9 Å². The third-order valence-corrected chi connectivity index (χ3v) is 3.26. The topological polar surface area (TPSA) is 71.6 Å². The van der Waals surface area contributed by atoms with Gasteiger partial charge in [-0.3, -0.25) is 0 Å². The molecular weight excluding hydrogens is 246 g/mol. The van der Waals surface area contributed by atoms with Gasteiger partial charge in [-0.15, -0.1) is 0 Å². The Morgan fingerprint density at radius 2 is 2.37 bits per heavy atom. The summed E-state index contributed by atoms with van der Waals surface area (Å²) in [6, 6.07) is 3.54. The molecule has 1 atom stereocenters. The molecule has 0 spiro atoms. The Morgan fingerprint density at radius 1 is 1.58 bits per heavy atom. The number of carbonyl (C=O) groups is 1. The summed E-state index contributed by atoms with van der Waals surface area (Å²) >= 11 is 0. The highest BCUT2D eigenvalue weighted by Gasteiger charge is 2.25. The third-order valence-electron chi connectivity index (χ3n) is 3.26. The van der Waals surface area contributed by atoms with Gasteiger partial charge in [0.05, 0.1) is 12.1 Å². The van der Waals surface area contributed by atoms with Crippen LogP contribution >= 0.6 is 0 Å². The van der Waals surface area contributed by atoms with Crippen LogP contribution in [0.25, 0.3) is 10.9 Å². The molecule has 0 fully saturated rings. The fourth-order valence-corrected chi connectivity index (χ4v) is 2.52. The molecule has 2 heterocycles. The van der Waals surface area contributed by atoms with Crippen LogP contribution in [-0.4, -0.2) is 28.8 Å². The average molecular weight is 261 g/mol. The van der Waals surface area contributed by atoms with Crippen molar-refractivity contribution in [3.05, 3.63) is 23.4 Å². The van der Waals surface area contributed by atoms with E-state index in [2.05, 4.69) is 4.98 Å². The maximum absolute atomic E-state index is 11.1. The molecule has 5 heteroatoms. The van der Waals surface area contributed by atoms with Crippen molar-refractivity contribution in [2.24, 2.45) is 0 Å². The Bertz CT molecular complexity index is 659. The Morgan fingerprint density at radius 3 is 3.05 bits per heavy atom. The first kappa shape index (κ1) is 11.9. The van der Waals surface area contributed by atoms with Crippen molar-refractivity contribution in [2.45, 2.75) is 26.4 Å². The van der Waals surface area contributed by atoms with E-state index >= 15 is 0 Å². The van der Waals surface area contributed by atoms with Gasteiger partial charge in [-0.05, 0) is 26.0 Å². The van der Waals surface area contributed by atoms with E-state index in [-0.39, 0.29) is 11.8 Å². The van der Waals surface area contributed by atoms with Crippen molar-refractivity contribution >= 4 is 16.9 Å². The van der Waals surface area contributed by atoms with Crippen LogP contribution in [0.2, 0.25) is 0 Å². The number of rotatable bonds is 3. The molecule has 5 nitrogen and oxygen atoms in total. The van der Waals surface area contributed by atoms with Crippen LogP contribution in [0.4, 0.5) is 0 Å². The van der Waals surface area contributed by atoms with E-state index in [1.807, 2.05) is 19.9 Å². The molecule has 0 saturated carbocycles. The quantitative estimate of drug-likeness (QED) is 0.890. The average Bonchev–Trinajstić information content (AvgIpc) is 2.92. The lowest BCUT2D eigenvalue weighted by Gasteiger charge is -2.08. The lowest BCUT2D eigenvalue weighted by Crippen LogP contribution is -2.05. The van der Waals surface area contributed by atoms with Gasteiger partial charge in [-0.1, -0.05) is 0 Å². The third kappa shape index (κ3) is 1.82. The van der Waals surface area contributed by atoms with Crippen LogP contribution in [-0.2, 0) is 6.42 Å². The zero-order chi connectivity index (χ0) is 13.6. The van der Waals surface area contributed by atoms with E-state index in [0.717, 1.165) is 23.1 Å². The van der Waals surface area contributed by atoms with Crippen molar-refractivity contribution < 1.29 is 19.4 Å². The van der Waals surface area contributed by atoms with Gasteiger partial charge in [0.2, 0.25) is 0 Å². The first-order chi connectivity index (χ1) is 9.10. The Labute approximate surface area is 110 Å². The summed E-state index contributed by atoms with van der Waals surface area (Å²) in [6.45, 7) is 4.44. The van der Waals surface area contributed by atoms with Crippen LogP contribution in [0.3, 0.4) is 0 Å². The van der Waals surface area contributed by atoms with Gasteiger partial charge >= 0.3 is 5.97 Å². The van der Waals surface area contributed by atoms with Gasteiger partial charge in [-0.2, -0.15) is 0 Å². The van der Waals surface area contributed by atoms with Crippen LogP contribution in [0.5, 0.6) is 11.5 Å². The Balaban J connectivity index is 2.26. The van der Waals surface area contributed by atoms with E-state index in [1.54, 1.807) is 6.07 Å². The lowest BCUT2D eigenvalue weighted by atomic mass is 10.1. The monoisotopic (exact) mass is 261 g/mol. The van der Waals surface area contributed by atoms with Crippen LogP contribution in [0, 0.1) is 0 Å². The number of carboxylic acids is 1. The zero-order valence-electron chi connectivity index (χ0n) is 10.8. The molecule has 0 saturated heterocycles. The first-order valence-electron chi connectivity index (χ1n) is 6.31. The molecule has 0 radical (unpaired) electrons. The molecule has 100 valence electrons. The molecule has 2 N–H and O–H groups in total. The predicted molar refractivity (Wildman–Crippen MR) is 70.2 cm³/mol. The molecule has 2 aromatic rings. The normalized spacial score (nSPS) is 17.3. The number of carboxylic acid groups (broad SMARTS) is 1. The maximum Gasteiger partial charge on any atom is 0.352 e. The largest absolute Gasteiger partial charge is 0.493 e. The molecule has 3 rings (SSSR count). The highest BCUT2D eigenvalue weighted by Crippen LogP contribution is 2.41. The summed E-state index contributed by atoms with van der Waals surface area (Å²) < 4.78 is 11.4. The van der Waals surface area contributed by atoms with Gasteiger partial charge < -0.3 is 19.6 Å². The second kappa shape index (κ2) is 4.19. The molecule has 0 aliphatic carbocycles. The molecule has 0 amide bonds. The smallest absolute Gasteiger partial charge is 0.352 e. The second-order valence-corrected chi connectivity index (χ2v) is 4.71. The van der Waals surface area contributed by atoms with E-state index in [9.17, 15) is 4.79 Å². The number of nitrogens with one attached hydrogen (secondary N) is 1. The second-order valence-electron chi connectivity index (χ2n) is 4.71. The summed E-state index contributed by atoms with van der Waals surface area (Å²) in [5.41, 5.74) is 1.91. The SMILES string of the molecule is CCOc1cc2c(c3[nH]c(C(=O)O)cc13)O[C@H](C)C2. The summed E-state index contributed by atoms with van der Waals surface area (Å²) in [7, 11) is 0. The van der Waals surface area contributed by atoms with E-state index < -0.39 is 5.97 Å². The maximum atomic E-state index is 11.1. The van der Waals surface area contributed by atoms with Crippen LogP contribution < -0.4 is 9.47 Å². The number of benzene rings is 1. The molecule has 1 aromatic heterocycles. The predicted octanol–water partition coefficient (Wildman–Crippen LogP) is 2.59. The van der Waals surface area contributed by atoms with Crippen molar-refractivity contribution in [2.75, 3.05) is 6.61 Å². The number of fused-ring (bicyclic) bond motifs is 3.